The lowest BCUT2D eigenvalue weighted by Crippen LogP contribution is -2.61. The van der Waals surface area contributed by atoms with Crippen molar-refractivity contribution in [3.05, 3.63) is 146 Å². The lowest BCUT2D eigenvalue weighted by atomic mass is 9.32. The van der Waals surface area contributed by atoms with E-state index in [1.165, 1.54) is 106 Å². The molecule has 3 aliphatic heterocycles. The number of fused-ring (bicyclic) bond motifs is 6. The fourth-order valence-electron chi connectivity index (χ4n) is 9.90. The third kappa shape index (κ3) is 4.01. The van der Waals surface area contributed by atoms with Crippen LogP contribution in [-0.4, -0.2) is 13.4 Å². The zero-order valence-corrected chi connectivity index (χ0v) is 29.5. The molecule has 0 fully saturated rings. The van der Waals surface area contributed by atoms with Gasteiger partial charge in [-0.15, -0.1) is 0 Å². The van der Waals surface area contributed by atoms with Gasteiger partial charge in [0.1, 0.15) is 0 Å². The van der Waals surface area contributed by atoms with Crippen LogP contribution >= 0.6 is 0 Å². The van der Waals surface area contributed by atoms with E-state index in [-0.39, 0.29) is 13.4 Å². The molecule has 4 aliphatic rings. The van der Waals surface area contributed by atoms with E-state index in [1.807, 2.05) is 0 Å². The van der Waals surface area contributed by atoms with E-state index < -0.39 is 0 Å². The van der Waals surface area contributed by atoms with Crippen molar-refractivity contribution < 1.29 is 0 Å². The Kier molecular flexibility index (Phi) is 6.38. The SMILES string of the molecule is Cc1cc(C)c(B2C3=C4C(=CCC3)N3c5cc(C)ccc5B(c5c(C)cc(C)cc5C)c5cccc(c53)N4c3cc(C)ccc32)c(C)c1. The van der Waals surface area contributed by atoms with E-state index in [9.17, 15) is 0 Å². The number of allylic oxidation sites excluding steroid dienone is 2. The van der Waals surface area contributed by atoms with E-state index in [4.69, 9.17) is 0 Å². The van der Waals surface area contributed by atoms with Crippen LogP contribution in [0.5, 0.6) is 0 Å². The van der Waals surface area contributed by atoms with Crippen molar-refractivity contribution in [3.63, 3.8) is 0 Å². The van der Waals surface area contributed by atoms with Crippen LogP contribution in [0.1, 0.15) is 57.3 Å². The summed E-state index contributed by atoms with van der Waals surface area (Å²) < 4.78 is 0. The van der Waals surface area contributed by atoms with Gasteiger partial charge in [-0.25, -0.2) is 0 Å². The van der Waals surface area contributed by atoms with Crippen LogP contribution in [-0.2, 0) is 0 Å². The van der Waals surface area contributed by atoms with Gasteiger partial charge in [0.25, 0.3) is 0 Å². The van der Waals surface area contributed by atoms with Crippen molar-refractivity contribution in [1.82, 2.24) is 0 Å². The molecule has 5 aromatic carbocycles. The van der Waals surface area contributed by atoms with Crippen molar-refractivity contribution >= 4 is 63.5 Å². The highest BCUT2D eigenvalue weighted by Crippen LogP contribution is 2.53. The second-order valence-electron chi connectivity index (χ2n) is 15.0. The Balaban J connectivity index is 1.39. The monoisotopic (exact) mass is 620 g/mol. The molecule has 0 amide bonds. The van der Waals surface area contributed by atoms with Gasteiger partial charge >= 0.3 is 0 Å². The average molecular weight is 620 g/mol. The van der Waals surface area contributed by atoms with E-state index in [2.05, 4.69) is 150 Å². The van der Waals surface area contributed by atoms with Crippen LogP contribution in [0, 0.1) is 55.4 Å². The maximum atomic E-state index is 2.65. The molecule has 0 aromatic heterocycles. The molecule has 3 heterocycles. The summed E-state index contributed by atoms with van der Waals surface area (Å²) in [6, 6.07) is 31.0. The minimum atomic E-state index is 0.161. The maximum Gasteiger partial charge on any atom is 0.247 e. The zero-order valence-electron chi connectivity index (χ0n) is 29.5. The highest BCUT2D eigenvalue weighted by atomic mass is 15.3. The molecule has 0 bridgehead atoms. The number of nitrogens with zero attached hydrogens (tertiary/aromatic N) is 2. The predicted molar refractivity (Wildman–Crippen MR) is 208 cm³/mol. The number of aryl methyl sites for hydroxylation is 8. The Morgan fingerprint density at radius 3 is 1.65 bits per heavy atom. The van der Waals surface area contributed by atoms with E-state index in [0.717, 1.165) is 12.8 Å². The number of hydrogen-bond acceptors (Lipinski definition) is 2. The van der Waals surface area contributed by atoms with Crippen LogP contribution < -0.4 is 37.1 Å². The lowest BCUT2D eigenvalue weighted by molar-refractivity contribution is 0.904. The van der Waals surface area contributed by atoms with Crippen LogP contribution in [0.15, 0.2) is 102 Å². The van der Waals surface area contributed by atoms with Crippen LogP contribution in [0.2, 0.25) is 0 Å². The van der Waals surface area contributed by atoms with E-state index >= 15 is 0 Å². The molecule has 4 heteroatoms. The predicted octanol–water partition coefficient (Wildman–Crippen LogP) is 7.37. The van der Waals surface area contributed by atoms with Crippen LogP contribution in [0.3, 0.4) is 0 Å². The van der Waals surface area contributed by atoms with Crippen molar-refractivity contribution in [3.8, 4) is 0 Å². The first kappa shape index (κ1) is 29.4. The molecule has 234 valence electrons. The smallest absolute Gasteiger partial charge is 0.247 e. The fraction of sp³-hybridized carbons (Fsp3) is 0.227. The lowest BCUT2D eigenvalue weighted by Gasteiger charge is -2.52. The van der Waals surface area contributed by atoms with Gasteiger partial charge in [-0.05, 0) is 114 Å². The summed E-state index contributed by atoms with van der Waals surface area (Å²) in [5, 5.41) is 0. The largest absolute Gasteiger partial charge is 0.308 e. The Hall–Kier alpha value is -4.69. The Labute approximate surface area is 287 Å². The van der Waals surface area contributed by atoms with Gasteiger partial charge in [0.05, 0.1) is 22.8 Å². The molecule has 0 N–H and O–H groups in total. The van der Waals surface area contributed by atoms with Gasteiger partial charge in [-0.1, -0.05) is 117 Å². The van der Waals surface area contributed by atoms with Gasteiger partial charge in [-0.2, -0.15) is 0 Å². The molecule has 0 unspecified atom stereocenters. The summed E-state index contributed by atoms with van der Waals surface area (Å²) in [5.41, 5.74) is 27.5. The molecule has 5 aromatic rings. The Morgan fingerprint density at radius 2 is 1.04 bits per heavy atom. The second kappa shape index (κ2) is 10.4. The van der Waals surface area contributed by atoms with Gasteiger partial charge in [0, 0.05) is 11.4 Å². The topological polar surface area (TPSA) is 6.48 Å². The Bertz CT molecular complexity index is 2260. The number of para-hydroxylation sites is 1. The summed E-state index contributed by atoms with van der Waals surface area (Å²) in [6.45, 7) is 18.6. The summed E-state index contributed by atoms with van der Waals surface area (Å²) in [6.07, 6.45) is 4.64. The number of benzene rings is 5. The molecule has 0 atom stereocenters. The maximum absolute atomic E-state index is 2.65. The van der Waals surface area contributed by atoms with Crippen molar-refractivity contribution in [2.75, 3.05) is 9.80 Å². The highest BCUT2D eigenvalue weighted by Gasteiger charge is 2.48. The molecule has 0 saturated heterocycles. The number of hydrogen-bond donors (Lipinski definition) is 0. The molecule has 1 aliphatic carbocycles. The molecular weight excluding hydrogens is 578 g/mol. The van der Waals surface area contributed by atoms with Crippen LogP contribution in [0.25, 0.3) is 0 Å². The minimum Gasteiger partial charge on any atom is -0.308 e. The van der Waals surface area contributed by atoms with Crippen LogP contribution in [0.4, 0.5) is 22.7 Å². The number of anilines is 4. The molecule has 2 nitrogen and oxygen atoms in total. The second-order valence-corrected chi connectivity index (χ2v) is 15.0. The third-order valence-electron chi connectivity index (χ3n) is 11.5. The third-order valence-corrected chi connectivity index (χ3v) is 11.5. The van der Waals surface area contributed by atoms with Crippen molar-refractivity contribution in [1.29, 1.82) is 0 Å². The van der Waals surface area contributed by atoms with Gasteiger partial charge in [0.2, 0.25) is 13.4 Å². The first-order valence-electron chi connectivity index (χ1n) is 17.7. The first-order valence-corrected chi connectivity index (χ1v) is 17.7. The molecule has 48 heavy (non-hydrogen) atoms. The van der Waals surface area contributed by atoms with E-state index in [0.29, 0.717) is 0 Å². The molecular formula is C44H42B2N2. The van der Waals surface area contributed by atoms with Crippen molar-refractivity contribution in [2.45, 2.75) is 68.2 Å². The number of rotatable bonds is 2. The van der Waals surface area contributed by atoms with E-state index in [1.54, 1.807) is 5.47 Å². The quantitative estimate of drug-likeness (QED) is 0.190. The first-order chi connectivity index (χ1) is 23.1. The summed E-state index contributed by atoms with van der Waals surface area (Å²) >= 11 is 0. The summed E-state index contributed by atoms with van der Waals surface area (Å²) in [4.78, 5) is 5.31. The normalized spacial score (nSPS) is 15.6. The standard InChI is InChI=1S/C44H42B2N2/c1-25-15-17-33-39(23-25)47-37-13-9-12-36-44(37)48(38-14-10-11-35(43(38)47)45(33)41-29(5)19-27(3)20-30(41)6)40-24-26(2)16-18-34(40)46(36)42-31(7)21-28(4)22-32(42)8/h9,12-24H,10-11H2,1-8H3. The molecule has 9 rings (SSSR count). The van der Waals surface area contributed by atoms with Gasteiger partial charge < -0.3 is 9.80 Å². The average Bonchev–Trinajstić information content (AvgIpc) is 3.03. The molecule has 0 spiro atoms. The van der Waals surface area contributed by atoms with Crippen molar-refractivity contribution in [2.24, 2.45) is 0 Å². The van der Waals surface area contributed by atoms with Gasteiger partial charge in [-0.3, -0.25) is 0 Å². The zero-order chi connectivity index (χ0) is 33.2. The molecule has 0 saturated carbocycles. The fourth-order valence-corrected chi connectivity index (χ4v) is 9.90. The van der Waals surface area contributed by atoms with Gasteiger partial charge in [0.15, 0.2) is 0 Å². The summed E-state index contributed by atoms with van der Waals surface area (Å²) in [7, 11) is 0. The summed E-state index contributed by atoms with van der Waals surface area (Å²) in [5.74, 6) is 0. The minimum absolute atomic E-state index is 0.161. The highest BCUT2D eigenvalue weighted by molar-refractivity contribution is 6.98. The molecule has 0 radical (unpaired) electrons. The Morgan fingerprint density at radius 1 is 0.500 bits per heavy atom.